The zero-order valence-corrected chi connectivity index (χ0v) is 13.3. The number of hydrogen-bond acceptors (Lipinski definition) is 2. The second-order valence-corrected chi connectivity index (χ2v) is 5.47. The first kappa shape index (κ1) is 15.5. The molecule has 0 fully saturated rings. The van der Waals surface area contributed by atoms with Crippen LogP contribution in [0.15, 0.2) is 42.5 Å². The zero-order chi connectivity index (χ0) is 16.4. The van der Waals surface area contributed by atoms with Gasteiger partial charge in [0, 0.05) is 11.9 Å². The standard InChI is InChI=1S/C17H15ClFN3O/c1-2-22-15-9-4-3-6-11(15)14(21-22)10-20-17(23)16-12(18)7-5-8-13(16)19/h3-9H,2,10H2,1H3,(H,20,23). The fourth-order valence-corrected chi connectivity index (χ4v) is 2.78. The Kier molecular flexibility index (Phi) is 4.30. The van der Waals surface area contributed by atoms with Crippen molar-refractivity contribution in [2.45, 2.75) is 20.0 Å². The van der Waals surface area contributed by atoms with Gasteiger partial charge in [-0.15, -0.1) is 0 Å². The molecule has 0 saturated carbocycles. The van der Waals surface area contributed by atoms with Crippen LogP contribution in [0, 0.1) is 5.82 Å². The summed E-state index contributed by atoms with van der Waals surface area (Å²) in [6.07, 6.45) is 0. The van der Waals surface area contributed by atoms with Gasteiger partial charge in [-0.25, -0.2) is 4.39 Å². The molecule has 4 nitrogen and oxygen atoms in total. The summed E-state index contributed by atoms with van der Waals surface area (Å²) in [7, 11) is 0. The minimum atomic E-state index is -0.640. The monoisotopic (exact) mass is 331 g/mol. The molecule has 1 heterocycles. The molecule has 1 amide bonds. The third-order valence-electron chi connectivity index (χ3n) is 3.64. The molecule has 0 spiro atoms. The largest absolute Gasteiger partial charge is 0.346 e. The highest BCUT2D eigenvalue weighted by Gasteiger charge is 2.16. The molecule has 6 heteroatoms. The van der Waals surface area contributed by atoms with Crippen LogP contribution in [0.1, 0.15) is 23.0 Å². The Bertz CT molecular complexity index is 855. The molecule has 3 aromatic rings. The number of aromatic nitrogens is 2. The molecule has 118 valence electrons. The molecule has 0 bridgehead atoms. The van der Waals surface area contributed by atoms with Gasteiger partial charge in [0.1, 0.15) is 5.82 Å². The van der Waals surface area contributed by atoms with E-state index in [1.807, 2.05) is 35.9 Å². The average Bonchev–Trinajstić information content (AvgIpc) is 2.91. The Labute approximate surface area is 137 Å². The Hall–Kier alpha value is -2.40. The van der Waals surface area contributed by atoms with Crippen LogP contribution in [-0.4, -0.2) is 15.7 Å². The first-order valence-corrected chi connectivity index (χ1v) is 7.66. The van der Waals surface area contributed by atoms with Crippen LogP contribution >= 0.6 is 11.6 Å². The number of nitrogens with zero attached hydrogens (tertiary/aromatic N) is 2. The van der Waals surface area contributed by atoms with E-state index < -0.39 is 11.7 Å². The van der Waals surface area contributed by atoms with Gasteiger partial charge in [-0.05, 0) is 25.1 Å². The third-order valence-corrected chi connectivity index (χ3v) is 3.96. The summed E-state index contributed by atoms with van der Waals surface area (Å²) in [4.78, 5) is 12.2. The van der Waals surface area contributed by atoms with Crippen molar-refractivity contribution >= 4 is 28.4 Å². The van der Waals surface area contributed by atoms with Crippen molar-refractivity contribution in [2.75, 3.05) is 0 Å². The lowest BCUT2D eigenvalue weighted by molar-refractivity contribution is 0.0946. The van der Waals surface area contributed by atoms with Crippen molar-refractivity contribution in [3.05, 3.63) is 64.6 Å². The number of halogens is 2. The van der Waals surface area contributed by atoms with E-state index in [0.29, 0.717) is 0 Å². The fraction of sp³-hybridized carbons (Fsp3) is 0.176. The highest BCUT2D eigenvalue weighted by atomic mass is 35.5. The number of carbonyl (C=O) groups is 1. The molecule has 0 radical (unpaired) electrons. The molecule has 0 saturated heterocycles. The lowest BCUT2D eigenvalue weighted by atomic mass is 10.2. The summed E-state index contributed by atoms with van der Waals surface area (Å²) >= 11 is 5.91. The van der Waals surface area contributed by atoms with E-state index >= 15 is 0 Å². The van der Waals surface area contributed by atoms with Crippen LogP contribution in [0.3, 0.4) is 0 Å². The van der Waals surface area contributed by atoms with Gasteiger partial charge in [-0.2, -0.15) is 5.10 Å². The maximum atomic E-state index is 13.8. The number of rotatable bonds is 4. The quantitative estimate of drug-likeness (QED) is 0.791. The molecule has 23 heavy (non-hydrogen) atoms. The van der Waals surface area contributed by atoms with Gasteiger partial charge in [-0.3, -0.25) is 9.48 Å². The average molecular weight is 332 g/mol. The summed E-state index contributed by atoms with van der Waals surface area (Å²) < 4.78 is 15.6. The Balaban J connectivity index is 1.85. The molecule has 0 aliphatic rings. The molecule has 0 aliphatic heterocycles. The van der Waals surface area contributed by atoms with Crippen molar-refractivity contribution in [2.24, 2.45) is 0 Å². The maximum Gasteiger partial charge on any atom is 0.256 e. The van der Waals surface area contributed by atoms with E-state index in [4.69, 9.17) is 11.6 Å². The van der Waals surface area contributed by atoms with Crippen LogP contribution < -0.4 is 5.32 Å². The van der Waals surface area contributed by atoms with E-state index in [-0.39, 0.29) is 17.1 Å². The normalized spacial score (nSPS) is 10.9. The van der Waals surface area contributed by atoms with Gasteiger partial charge in [0.15, 0.2) is 0 Å². The van der Waals surface area contributed by atoms with E-state index in [2.05, 4.69) is 10.4 Å². The van der Waals surface area contributed by atoms with Crippen molar-refractivity contribution in [1.29, 1.82) is 0 Å². The minimum absolute atomic E-state index is 0.0893. The van der Waals surface area contributed by atoms with E-state index in [1.54, 1.807) is 0 Å². The summed E-state index contributed by atoms with van der Waals surface area (Å²) in [5.41, 5.74) is 1.60. The second-order valence-electron chi connectivity index (χ2n) is 5.06. The molecule has 1 aromatic heterocycles. The molecule has 0 aliphatic carbocycles. The summed E-state index contributed by atoms with van der Waals surface area (Å²) in [5.74, 6) is -1.19. The Morgan fingerprint density at radius 2 is 2.04 bits per heavy atom. The predicted molar refractivity (Wildman–Crippen MR) is 88.0 cm³/mol. The highest BCUT2D eigenvalue weighted by molar-refractivity contribution is 6.33. The first-order valence-electron chi connectivity index (χ1n) is 7.28. The maximum absolute atomic E-state index is 13.8. The van der Waals surface area contributed by atoms with Gasteiger partial charge in [0.05, 0.1) is 28.3 Å². The van der Waals surface area contributed by atoms with Crippen LogP contribution in [0.4, 0.5) is 4.39 Å². The number of fused-ring (bicyclic) bond motifs is 1. The topological polar surface area (TPSA) is 46.9 Å². The number of para-hydroxylation sites is 1. The van der Waals surface area contributed by atoms with Gasteiger partial charge in [0.2, 0.25) is 0 Å². The van der Waals surface area contributed by atoms with Crippen LogP contribution in [0.25, 0.3) is 10.9 Å². The SMILES string of the molecule is CCn1nc(CNC(=O)c2c(F)cccc2Cl)c2ccccc21. The molecule has 0 atom stereocenters. The van der Waals surface area contributed by atoms with Crippen molar-refractivity contribution < 1.29 is 9.18 Å². The van der Waals surface area contributed by atoms with Gasteiger partial charge in [0.25, 0.3) is 5.91 Å². The zero-order valence-electron chi connectivity index (χ0n) is 12.5. The third kappa shape index (κ3) is 2.92. The molecule has 3 rings (SSSR count). The summed E-state index contributed by atoms with van der Waals surface area (Å²) in [5, 5.41) is 8.24. The summed E-state index contributed by atoms with van der Waals surface area (Å²) in [6, 6.07) is 11.9. The lowest BCUT2D eigenvalue weighted by Gasteiger charge is -2.06. The van der Waals surface area contributed by atoms with Crippen molar-refractivity contribution in [1.82, 2.24) is 15.1 Å². The fourth-order valence-electron chi connectivity index (χ4n) is 2.53. The Morgan fingerprint density at radius 1 is 1.26 bits per heavy atom. The number of amides is 1. The number of hydrogen-bond donors (Lipinski definition) is 1. The lowest BCUT2D eigenvalue weighted by Crippen LogP contribution is -2.24. The Morgan fingerprint density at radius 3 is 2.78 bits per heavy atom. The second kappa shape index (κ2) is 6.38. The van der Waals surface area contributed by atoms with Crippen LogP contribution in [0.2, 0.25) is 5.02 Å². The van der Waals surface area contributed by atoms with E-state index in [9.17, 15) is 9.18 Å². The number of aryl methyl sites for hydroxylation is 1. The molecule has 0 unspecified atom stereocenters. The predicted octanol–water partition coefficient (Wildman–Crippen LogP) is 3.78. The van der Waals surface area contributed by atoms with Crippen LogP contribution in [-0.2, 0) is 13.1 Å². The van der Waals surface area contributed by atoms with Crippen molar-refractivity contribution in [3.63, 3.8) is 0 Å². The van der Waals surface area contributed by atoms with E-state index in [1.165, 1.54) is 18.2 Å². The van der Waals surface area contributed by atoms with E-state index in [0.717, 1.165) is 23.1 Å². The highest BCUT2D eigenvalue weighted by Crippen LogP contribution is 2.20. The molecular weight excluding hydrogens is 317 g/mol. The van der Waals surface area contributed by atoms with Crippen molar-refractivity contribution in [3.8, 4) is 0 Å². The molecular formula is C17H15ClFN3O. The van der Waals surface area contributed by atoms with Crippen LogP contribution in [0.5, 0.6) is 0 Å². The molecule has 2 aromatic carbocycles. The number of benzene rings is 2. The molecule has 1 N–H and O–H groups in total. The van der Waals surface area contributed by atoms with Gasteiger partial charge < -0.3 is 5.32 Å². The van der Waals surface area contributed by atoms with Gasteiger partial charge >= 0.3 is 0 Å². The first-order chi connectivity index (χ1) is 11.1. The summed E-state index contributed by atoms with van der Waals surface area (Å²) in [6.45, 7) is 2.94. The minimum Gasteiger partial charge on any atom is -0.346 e. The number of nitrogens with one attached hydrogen (secondary N) is 1. The smallest absolute Gasteiger partial charge is 0.256 e. The number of carbonyl (C=O) groups excluding carboxylic acids is 1. The van der Waals surface area contributed by atoms with Gasteiger partial charge in [-0.1, -0.05) is 35.9 Å².